The number of phenols is 1. The first-order chi connectivity index (χ1) is 8.04. The van der Waals surface area contributed by atoms with E-state index in [4.69, 9.17) is 5.11 Å². The molecule has 6 heteroatoms. The fourth-order valence-electron chi connectivity index (χ4n) is 1.38. The molecule has 0 aliphatic carbocycles. The van der Waals surface area contributed by atoms with Gasteiger partial charge in [0.05, 0.1) is 13.2 Å². The Balaban J connectivity index is 2.83. The second-order valence-electron chi connectivity index (χ2n) is 3.42. The number of phenolic OH excluding ortho intramolecular Hbond substituents is 1. The maximum atomic E-state index is 12.2. The Morgan fingerprint density at radius 1 is 1.41 bits per heavy atom. The number of aromatic hydroxyl groups is 1. The van der Waals surface area contributed by atoms with E-state index in [-0.39, 0.29) is 17.9 Å². The van der Waals surface area contributed by atoms with Crippen LogP contribution in [0, 0.1) is 0 Å². The molecule has 1 aromatic rings. The summed E-state index contributed by atoms with van der Waals surface area (Å²) in [6, 6.07) is 5.43. The minimum atomic E-state index is -2.66. The van der Waals surface area contributed by atoms with E-state index >= 15 is 0 Å². The number of rotatable bonds is 5. The summed E-state index contributed by atoms with van der Waals surface area (Å²) in [6.07, 6.45) is -2.66. The van der Waals surface area contributed by atoms with Crippen molar-refractivity contribution in [1.82, 2.24) is 4.90 Å². The van der Waals surface area contributed by atoms with Crippen LogP contribution in [0.15, 0.2) is 24.3 Å². The van der Waals surface area contributed by atoms with Crippen LogP contribution in [0.3, 0.4) is 0 Å². The Labute approximate surface area is 97.1 Å². The highest BCUT2D eigenvalue weighted by atomic mass is 19.3. The number of amides is 1. The summed E-state index contributed by atoms with van der Waals surface area (Å²) in [5.74, 6) is -0.757. The highest BCUT2D eigenvalue weighted by Gasteiger charge is 2.19. The van der Waals surface area contributed by atoms with Crippen molar-refractivity contribution in [3.63, 3.8) is 0 Å². The lowest BCUT2D eigenvalue weighted by Gasteiger charge is -2.21. The third-order valence-electron chi connectivity index (χ3n) is 2.11. The van der Waals surface area contributed by atoms with Gasteiger partial charge in [-0.2, -0.15) is 0 Å². The van der Waals surface area contributed by atoms with Gasteiger partial charge in [-0.3, -0.25) is 4.79 Å². The van der Waals surface area contributed by atoms with Gasteiger partial charge in [-0.05, 0) is 18.2 Å². The minimum Gasteiger partial charge on any atom is -0.508 e. The van der Waals surface area contributed by atoms with Crippen molar-refractivity contribution < 1.29 is 23.8 Å². The van der Waals surface area contributed by atoms with E-state index in [1.165, 1.54) is 24.3 Å². The fraction of sp³-hybridized carbons (Fsp3) is 0.364. The van der Waals surface area contributed by atoms with E-state index in [0.717, 1.165) is 4.90 Å². The lowest BCUT2D eigenvalue weighted by molar-refractivity contribution is 0.0509. The summed E-state index contributed by atoms with van der Waals surface area (Å²) in [5, 5.41) is 17.9. The van der Waals surface area contributed by atoms with E-state index < -0.39 is 25.5 Å². The number of nitrogens with zero attached hydrogens (tertiary/aromatic N) is 1. The van der Waals surface area contributed by atoms with Gasteiger partial charge in [-0.1, -0.05) is 6.07 Å². The maximum absolute atomic E-state index is 12.2. The SMILES string of the molecule is O=C(c1cccc(O)c1)N(CCO)CC(F)F. The number of benzene rings is 1. The van der Waals surface area contributed by atoms with E-state index in [9.17, 15) is 18.7 Å². The van der Waals surface area contributed by atoms with E-state index in [1.54, 1.807) is 0 Å². The molecule has 0 saturated heterocycles. The van der Waals surface area contributed by atoms with Crippen LogP contribution in [-0.2, 0) is 0 Å². The first-order valence-electron chi connectivity index (χ1n) is 5.02. The standard InChI is InChI=1S/C11H13F2NO3/c12-10(13)7-14(4-5-15)11(17)8-2-1-3-9(16)6-8/h1-3,6,10,15-16H,4-5,7H2. The number of hydrogen-bond acceptors (Lipinski definition) is 3. The number of aliphatic hydroxyl groups excluding tert-OH is 1. The summed E-state index contributed by atoms with van der Waals surface area (Å²) in [7, 11) is 0. The molecule has 4 nitrogen and oxygen atoms in total. The predicted octanol–water partition coefficient (Wildman–Crippen LogP) is 1.09. The van der Waals surface area contributed by atoms with E-state index in [2.05, 4.69) is 0 Å². The molecule has 94 valence electrons. The maximum Gasteiger partial charge on any atom is 0.255 e. The molecule has 0 aromatic heterocycles. The van der Waals surface area contributed by atoms with Crippen molar-refractivity contribution in [2.75, 3.05) is 19.7 Å². The number of halogens is 2. The number of alkyl halides is 2. The fourth-order valence-corrected chi connectivity index (χ4v) is 1.38. The van der Waals surface area contributed by atoms with Crippen molar-refractivity contribution in [3.8, 4) is 5.75 Å². The summed E-state index contributed by atoms with van der Waals surface area (Å²) in [6.45, 7) is -1.30. The van der Waals surface area contributed by atoms with Gasteiger partial charge in [0.25, 0.3) is 12.3 Å². The molecule has 0 atom stereocenters. The summed E-state index contributed by atoms with van der Waals surface area (Å²) >= 11 is 0. The quantitative estimate of drug-likeness (QED) is 0.816. The molecule has 1 amide bonds. The van der Waals surface area contributed by atoms with Gasteiger partial charge in [0.2, 0.25) is 0 Å². The molecule has 0 bridgehead atoms. The molecule has 0 unspecified atom stereocenters. The average molecular weight is 245 g/mol. The molecule has 0 saturated carbocycles. The van der Waals surface area contributed by atoms with Gasteiger partial charge in [0, 0.05) is 12.1 Å². The van der Waals surface area contributed by atoms with Crippen LogP contribution in [0.1, 0.15) is 10.4 Å². The molecule has 0 spiro atoms. The smallest absolute Gasteiger partial charge is 0.255 e. The molecular formula is C11H13F2NO3. The van der Waals surface area contributed by atoms with Crippen molar-refractivity contribution in [2.45, 2.75) is 6.43 Å². The van der Waals surface area contributed by atoms with E-state index in [1.807, 2.05) is 0 Å². The third-order valence-corrected chi connectivity index (χ3v) is 2.11. The Kier molecular flexibility index (Phi) is 4.84. The van der Waals surface area contributed by atoms with Crippen LogP contribution in [0.5, 0.6) is 5.75 Å². The van der Waals surface area contributed by atoms with Crippen LogP contribution in [0.4, 0.5) is 8.78 Å². The van der Waals surface area contributed by atoms with Crippen molar-refractivity contribution in [2.24, 2.45) is 0 Å². The van der Waals surface area contributed by atoms with Crippen LogP contribution in [0.2, 0.25) is 0 Å². The summed E-state index contributed by atoms with van der Waals surface area (Å²) < 4.78 is 24.5. The summed E-state index contributed by atoms with van der Waals surface area (Å²) in [4.78, 5) is 12.6. The molecule has 0 heterocycles. The zero-order chi connectivity index (χ0) is 12.8. The lowest BCUT2D eigenvalue weighted by atomic mass is 10.2. The molecular weight excluding hydrogens is 232 g/mol. The Morgan fingerprint density at radius 3 is 2.65 bits per heavy atom. The first-order valence-corrected chi connectivity index (χ1v) is 5.02. The second-order valence-corrected chi connectivity index (χ2v) is 3.42. The molecule has 0 aliphatic heterocycles. The zero-order valence-electron chi connectivity index (χ0n) is 9.01. The largest absolute Gasteiger partial charge is 0.508 e. The third kappa shape index (κ3) is 3.99. The number of hydrogen-bond donors (Lipinski definition) is 2. The van der Waals surface area contributed by atoms with Crippen molar-refractivity contribution in [3.05, 3.63) is 29.8 Å². The van der Waals surface area contributed by atoms with Crippen LogP contribution < -0.4 is 0 Å². The highest BCUT2D eigenvalue weighted by molar-refractivity contribution is 5.94. The van der Waals surface area contributed by atoms with Crippen molar-refractivity contribution >= 4 is 5.91 Å². The highest BCUT2D eigenvalue weighted by Crippen LogP contribution is 2.13. The van der Waals surface area contributed by atoms with Gasteiger partial charge in [-0.25, -0.2) is 8.78 Å². The number of carbonyl (C=O) groups excluding carboxylic acids is 1. The van der Waals surface area contributed by atoms with Gasteiger partial charge in [0.1, 0.15) is 5.75 Å². The van der Waals surface area contributed by atoms with Gasteiger partial charge in [-0.15, -0.1) is 0 Å². The average Bonchev–Trinajstić information content (AvgIpc) is 2.27. The van der Waals surface area contributed by atoms with E-state index in [0.29, 0.717) is 0 Å². The van der Waals surface area contributed by atoms with Gasteiger partial charge in [0.15, 0.2) is 0 Å². The number of aliphatic hydroxyl groups is 1. The Bertz CT molecular complexity index is 385. The predicted molar refractivity (Wildman–Crippen MR) is 57.1 cm³/mol. The monoisotopic (exact) mass is 245 g/mol. The van der Waals surface area contributed by atoms with Crippen molar-refractivity contribution in [1.29, 1.82) is 0 Å². The molecule has 2 N–H and O–H groups in total. The second kappa shape index (κ2) is 6.15. The Morgan fingerprint density at radius 2 is 2.12 bits per heavy atom. The first kappa shape index (κ1) is 13.4. The molecule has 0 radical (unpaired) electrons. The topological polar surface area (TPSA) is 60.8 Å². The minimum absolute atomic E-state index is 0.110. The number of carbonyl (C=O) groups is 1. The summed E-state index contributed by atoms with van der Waals surface area (Å²) in [5.41, 5.74) is 0.110. The normalized spacial score (nSPS) is 10.6. The molecule has 0 aliphatic rings. The van der Waals surface area contributed by atoms with Crippen LogP contribution >= 0.6 is 0 Å². The zero-order valence-corrected chi connectivity index (χ0v) is 9.01. The van der Waals surface area contributed by atoms with Crippen LogP contribution in [-0.4, -0.2) is 47.1 Å². The Hall–Kier alpha value is -1.69. The lowest BCUT2D eigenvalue weighted by Crippen LogP contribution is -2.37. The molecule has 17 heavy (non-hydrogen) atoms. The molecule has 1 rings (SSSR count). The van der Waals surface area contributed by atoms with Crippen LogP contribution in [0.25, 0.3) is 0 Å². The molecule has 0 fully saturated rings. The van der Waals surface area contributed by atoms with Gasteiger partial charge < -0.3 is 15.1 Å². The van der Waals surface area contributed by atoms with Gasteiger partial charge >= 0.3 is 0 Å². The molecule has 1 aromatic carbocycles.